The number of carbonyl (C=O) groups excluding carboxylic acids is 1. The summed E-state index contributed by atoms with van der Waals surface area (Å²) in [5.41, 5.74) is 6.06. The fourth-order valence-electron chi connectivity index (χ4n) is 5.99. The van der Waals surface area contributed by atoms with Crippen molar-refractivity contribution in [3.8, 4) is 11.5 Å². The van der Waals surface area contributed by atoms with Gasteiger partial charge < -0.3 is 30.4 Å². The highest BCUT2D eigenvalue weighted by Crippen LogP contribution is 2.38. The van der Waals surface area contributed by atoms with Crippen LogP contribution in [0.2, 0.25) is 0 Å². The maximum atomic E-state index is 13.5. The Morgan fingerprint density at radius 3 is 2.60 bits per heavy atom. The standard InChI is InChI=1S/C33H39FN8O5/c1-20-16-41(17-21(2)47-20)18-33(3,44)19-46-26-9-8-25-27(28(26)45-13-10-22-4-6-24(34)7-5-22)39-32(42-12-11-36-29(25)42)40-30(43)23-14-37-31(35)38-15-23/h4-9,14-15,20-21,36,44H,10-13,16-19H2,1-3H3,(H2,35,37,38)/t20-,21+,33-/m1/s1. The number of halogens is 1. The fraction of sp³-hybridized carbons (Fsp3) is 0.424. The number of nitrogens with zero attached hydrogens (tertiary/aromatic N) is 6. The monoisotopic (exact) mass is 646 g/mol. The Bertz CT molecular complexity index is 1800. The van der Waals surface area contributed by atoms with Crippen molar-refractivity contribution in [3.05, 3.63) is 71.4 Å². The second-order valence-corrected chi connectivity index (χ2v) is 12.3. The molecule has 0 unspecified atom stereocenters. The molecule has 1 saturated heterocycles. The second kappa shape index (κ2) is 13.6. The summed E-state index contributed by atoms with van der Waals surface area (Å²) < 4.78 is 33.8. The Hall–Kier alpha value is -4.66. The molecular formula is C33H39FN8O5. The van der Waals surface area contributed by atoms with Crippen LogP contribution in [0.3, 0.4) is 0 Å². The van der Waals surface area contributed by atoms with Crippen LogP contribution in [0, 0.1) is 5.82 Å². The van der Waals surface area contributed by atoms with Gasteiger partial charge in [0.25, 0.3) is 5.91 Å². The molecule has 4 aromatic rings. The highest BCUT2D eigenvalue weighted by Gasteiger charge is 2.31. The van der Waals surface area contributed by atoms with E-state index in [1.165, 1.54) is 24.5 Å². The number of fused-ring (bicyclic) bond motifs is 3. The average molecular weight is 647 g/mol. The Kier molecular flexibility index (Phi) is 9.34. The number of hydrogen-bond acceptors (Lipinski definition) is 11. The quantitative estimate of drug-likeness (QED) is 0.232. The van der Waals surface area contributed by atoms with E-state index < -0.39 is 11.5 Å². The Labute approximate surface area is 271 Å². The molecule has 2 aromatic heterocycles. The molecule has 0 spiro atoms. The molecule has 248 valence electrons. The van der Waals surface area contributed by atoms with Crippen molar-refractivity contribution in [1.29, 1.82) is 0 Å². The van der Waals surface area contributed by atoms with Gasteiger partial charge in [-0.05, 0) is 50.6 Å². The van der Waals surface area contributed by atoms with Crippen molar-refractivity contribution in [3.63, 3.8) is 0 Å². The number of morpholine rings is 1. The van der Waals surface area contributed by atoms with Crippen LogP contribution in [-0.2, 0) is 17.7 Å². The van der Waals surface area contributed by atoms with Gasteiger partial charge in [-0.3, -0.25) is 14.3 Å². The van der Waals surface area contributed by atoms with Gasteiger partial charge in [-0.25, -0.2) is 19.3 Å². The molecule has 47 heavy (non-hydrogen) atoms. The summed E-state index contributed by atoms with van der Waals surface area (Å²) >= 11 is 0. The predicted octanol–water partition coefficient (Wildman–Crippen LogP) is 2.57. The zero-order valence-electron chi connectivity index (χ0n) is 26.6. The number of aromatic nitrogens is 4. The van der Waals surface area contributed by atoms with Crippen LogP contribution in [0.4, 0.5) is 16.2 Å². The number of benzene rings is 2. The van der Waals surface area contributed by atoms with Crippen LogP contribution in [0.15, 0.2) is 53.8 Å². The number of nitrogen functional groups attached to an aromatic ring is 1. The maximum Gasteiger partial charge on any atom is 0.283 e. The number of nitrogens with one attached hydrogen (secondary N) is 1. The first-order valence-electron chi connectivity index (χ1n) is 15.6. The molecule has 3 atom stereocenters. The van der Waals surface area contributed by atoms with Gasteiger partial charge in [-0.15, -0.1) is 0 Å². The minimum atomic E-state index is -1.19. The Morgan fingerprint density at radius 2 is 1.87 bits per heavy atom. The predicted molar refractivity (Wildman–Crippen MR) is 173 cm³/mol. The summed E-state index contributed by atoms with van der Waals surface area (Å²) in [6.07, 6.45) is 3.26. The SMILES string of the molecule is C[C@@H]1CN(C[C@@](C)(O)COc2ccc3c4n(c(=NC(=O)c5cnc(N)nc5)nc3c2OCCc2ccc(F)cc2)CCN4)C[C@H](C)O1. The van der Waals surface area contributed by atoms with E-state index in [-0.39, 0.29) is 48.4 Å². The van der Waals surface area contributed by atoms with E-state index in [1.54, 1.807) is 25.1 Å². The van der Waals surface area contributed by atoms with E-state index in [9.17, 15) is 14.3 Å². The molecule has 1 fully saturated rings. The minimum absolute atomic E-state index is 0.0161. The number of carbonyl (C=O) groups is 1. The van der Waals surface area contributed by atoms with Crippen LogP contribution < -0.4 is 26.1 Å². The van der Waals surface area contributed by atoms with Crippen LogP contribution in [0.25, 0.3) is 10.9 Å². The third-order valence-corrected chi connectivity index (χ3v) is 7.97. The lowest BCUT2D eigenvalue weighted by Crippen LogP contribution is -2.52. The van der Waals surface area contributed by atoms with Crippen LogP contribution in [0.5, 0.6) is 11.5 Å². The van der Waals surface area contributed by atoms with Crippen LogP contribution in [-0.4, -0.2) is 92.6 Å². The molecule has 0 radical (unpaired) electrons. The number of hydrogen-bond donors (Lipinski definition) is 3. The lowest BCUT2D eigenvalue weighted by atomic mass is 10.1. The molecule has 0 aliphatic carbocycles. The van der Waals surface area contributed by atoms with Gasteiger partial charge in [0, 0.05) is 56.9 Å². The zero-order valence-corrected chi connectivity index (χ0v) is 26.6. The van der Waals surface area contributed by atoms with Gasteiger partial charge in [0.05, 0.1) is 24.4 Å². The van der Waals surface area contributed by atoms with Crippen LogP contribution >= 0.6 is 0 Å². The Balaban J connectivity index is 1.34. The second-order valence-electron chi connectivity index (χ2n) is 12.3. The number of anilines is 2. The lowest BCUT2D eigenvalue weighted by Gasteiger charge is -2.38. The van der Waals surface area contributed by atoms with Crippen molar-refractivity contribution in [2.75, 3.05) is 50.4 Å². The van der Waals surface area contributed by atoms with Gasteiger partial charge >= 0.3 is 0 Å². The van der Waals surface area contributed by atoms with Gasteiger partial charge in [0.1, 0.15) is 29.4 Å². The van der Waals surface area contributed by atoms with E-state index in [1.807, 2.05) is 24.5 Å². The first-order valence-corrected chi connectivity index (χ1v) is 15.6. The molecule has 0 saturated carbocycles. The van der Waals surface area contributed by atoms with E-state index in [2.05, 4.69) is 25.2 Å². The molecular weight excluding hydrogens is 607 g/mol. The summed E-state index contributed by atoms with van der Waals surface area (Å²) in [7, 11) is 0. The van der Waals surface area contributed by atoms with E-state index >= 15 is 0 Å². The topological polar surface area (TPSA) is 162 Å². The largest absolute Gasteiger partial charge is 0.487 e. The first kappa shape index (κ1) is 32.3. The molecule has 2 aliphatic heterocycles. The zero-order chi connectivity index (χ0) is 33.1. The number of ether oxygens (including phenoxy) is 3. The summed E-state index contributed by atoms with van der Waals surface area (Å²) in [5, 5.41) is 15.5. The minimum Gasteiger partial charge on any atom is -0.487 e. The number of amides is 1. The van der Waals surface area contributed by atoms with E-state index in [4.69, 9.17) is 24.9 Å². The summed E-state index contributed by atoms with van der Waals surface area (Å²) in [6, 6.07) is 9.89. The third kappa shape index (κ3) is 7.67. The van der Waals surface area contributed by atoms with Gasteiger partial charge in [-0.2, -0.15) is 4.99 Å². The normalized spacial score (nSPS) is 19.6. The third-order valence-electron chi connectivity index (χ3n) is 7.97. The first-order chi connectivity index (χ1) is 22.5. The molecule has 13 nitrogen and oxygen atoms in total. The number of rotatable bonds is 10. The number of β-amino-alcohol motifs (C(OH)–C–C–N with tert-alkyl or cyclic N) is 1. The Morgan fingerprint density at radius 1 is 1.15 bits per heavy atom. The fourth-order valence-corrected chi connectivity index (χ4v) is 5.99. The van der Waals surface area contributed by atoms with Crippen LogP contribution in [0.1, 0.15) is 36.7 Å². The van der Waals surface area contributed by atoms with Crippen molar-refractivity contribution in [1.82, 2.24) is 24.4 Å². The molecule has 4 heterocycles. The number of nitrogens with two attached hydrogens (primary N) is 1. The van der Waals surface area contributed by atoms with Crippen molar-refractivity contribution >= 4 is 28.6 Å². The van der Waals surface area contributed by atoms with E-state index in [0.717, 1.165) is 16.8 Å². The highest BCUT2D eigenvalue weighted by atomic mass is 19.1. The molecule has 1 amide bonds. The van der Waals surface area contributed by atoms with Gasteiger partial charge in [0.2, 0.25) is 11.6 Å². The molecule has 4 N–H and O–H groups in total. The molecule has 6 rings (SSSR count). The van der Waals surface area contributed by atoms with Crippen molar-refractivity contribution in [2.45, 2.75) is 51.5 Å². The molecule has 2 aliphatic rings. The lowest BCUT2D eigenvalue weighted by molar-refractivity contribution is -0.0952. The summed E-state index contributed by atoms with van der Waals surface area (Å²) in [4.78, 5) is 32.2. The average Bonchev–Trinajstić information content (AvgIpc) is 3.52. The smallest absolute Gasteiger partial charge is 0.283 e. The molecule has 14 heteroatoms. The number of aliphatic hydroxyl groups is 1. The molecule has 0 bridgehead atoms. The molecule has 2 aromatic carbocycles. The van der Waals surface area contributed by atoms with Gasteiger partial charge in [-0.1, -0.05) is 12.1 Å². The summed E-state index contributed by atoms with van der Waals surface area (Å²) in [6.45, 7) is 8.97. The van der Waals surface area contributed by atoms with Gasteiger partial charge in [0.15, 0.2) is 11.5 Å². The maximum absolute atomic E-state index is 13.5. The van der Waals surface area contributed by atoms with Crippen molar-refractivity contribution < 1.29 is 28.5 Å². The summed E-state index contributed by atoms with van der Waals surface area (Å²) in [5.74, 6) is 0.603. The van der Waals surface area contributed by atoms with Crippen molar-refractivity contribution in [2.24, 2.45) is 4.99 Å². The highest BCUT2D eigenvalue weighted by molar-refractivity contribution is 5.96. The van der Waals surface area contributed by atoms with E-state index in [0.29, 0.717) is 56.2 Å².